The maximum atomic E-state index is 11.9. The van der Waals surface area contributed by atoms with Gasteiger partial charge in [-0.15, -0.1) is 13.2 Å². The van der Waals surface area contributed by atoms with E-state index in [1.165, 1.54) is 12.1 Å². The van der Waals surface area contributed by atoms with E-state index in [1.807, 2.05) is 22.6 Å². The molecule has 0 atom stereocenters. The van der Waals surface area contributed by atoms with E-state index in [9.17, 15) is 18.0 Å². The van der Waals surface area contributed by atoms with E-state index in [2.05, 4.69) is 4.74 Å². The molecule has 3 nitrogen and oxygen atoms in total. The molecule has 0 spiro atoms. The molecule has 0 fully saturated rings. The highest BCUT2D eigenvalue weighted by atomic mass is 127. The smallest absolute Gasteiger partial charge is 0.406 e. The van der Waals surface area contributed by atoms with Crippen LogP contribution in [0.5, 0.6) is 5.75 Å². The van der Waals surface area contributed by atoms with E-state index in [4.69, 9.17) is 5.73 Å². The summed E-state index contributed by atoms with van der Waals surface area (Å²) in [5.41, 5.74) is 5.38. The fourth-order valence-electron chi connectivity index (χ4n) is 1.07. The molecule has 0 saturated heterocycles. The highest BCUT2D eigenvalue weighted by Gasteiger charge is 2.31. The van der Waals surface area contributed by atoms with Crippen LogP contribution in [-0.4, -0.2) is 12.3 Å². The van der Waals surface area contributed by atoms with E-state index in [0.717, 1.165) is 6.07 Å². The highest BCUT2D eigenvalue weighted by molar-refractivity contribution is 14.1. The van der Waals surface area contributed by atoms with Gasteiger partial charge in [-0.2, -0.15) is 0 Å². The van der Waals surface area contributed by atoms with Crippen LogP contribution in [0.3, 0.4) is 0 Å². The largest absolute Gasteiger partial charge is 0.573 e. The molecule has 1 aromatic rings. The number of carbonyl (C=O) groups excluding carboxylic acids is 1. The van der Waals surface area contributed by atoms with Gasteiger partial charge in [0.05, 0.1) is 6.42 Å². The normalized spacial score (nSPS) is 11.2. The zero-order chi connectivity index (χ0) is 12.3. The zero-order valence-electron chi connectivity index (χ0n) is 7.84. The van der Waals surface area contributed by atoms with Crippen LogP contribution in [0, 0.1) is 3.57 Å². The second-order valence-electron chi connectivity index (χ2n) is 2.94. The summed E-state index contributed by atoms with van der Waals surface area (Å²) in [7, 11) is 0. The summed E-state index contributed by atoms with van der Waals surface area (Å²) in [6.07, 6.45) is -4.86. The molecule has 0 aliphatic carbocycles. The molecule has 1 rings (SSSR count). The van der Waals surface area contributed by atoms with Crippen molar-refractivity contribution in [2.75, 3.05) is 0 Å². The van der Waals surface area contributed by atoms with Crippen LogP contribution in [-0.2, 0) is 11.2 Å². The second kappa shape index (κ2) is 4.89. The van der Waals surface area contributed by atoms with E-state index in [0.29, 0.717) is 9.13 Å². The molecular weight excluding hydrogens is 338 g/mol. The van der Waals surface area contributed by atoms with Crippen molar-refractivity contribution in [3.8, 4) is 5.75 Å². The molecule has 0 radical (unpaired) electrons. The first-order valence-electron chi connectivity index (χ1n) is 4.10. The van der Waals surface area contributed by atoms with Gasteiger partial charge in [-0.1, -0.05) is 0 Å². The molecule has 16 heavy (non-hydrogen) atoms. The van der Waals surface area contributed by atoms with Crippen LogP contribution >= 0.6 is 22.6 Å². The van der Waals surface area contributed by atoms with Crippen molar-refractivity contribution in [3.63, 3.8) is 0 Å². The van der Waals surface area contributed by atoms with Crippen LogP contribution in [0.2, 0.25) is 0 Å². The number of amides is 1. The topological polar surface area (TPSA) is 52.3 Å². The molecule has 0 saturated carbocycles. The summed E-state index contributed by atoms with van der Waals surface area (Å²) in [6.45, 7) is 0. The average Bonchev–Trinajstić information content (AvgIpc) is 2.07. The minimum Gasteiger partial charge on any atom is -0.406 e. The molecule has 0 unspecified atom stereocenters. The predicted molar refractivity (Wildman–Crippen MR) is 58.7 cm³/mol. The van der Waals surface area contributed by atoms with Gasteiger partial charge >= 0.3 is 6.36 Å². The number of hydrogen-bond acceptors (Lipinski definition) is 2. The van der Waals surface area contributed by atoms with Crippen molar-refractivity contribution in [2.24, 2.45) is 5.73 Å². The van der Waals surface area contributed by atoms with E-state index >= 15 is 0 Å². The molecular formula is C9H7F3INO2. The van der Waals surface area contributed by atoms with Gasteiger partial charge in [0.25, 0.3) is 0 Å². The lowest BCUT2D eigenvalue weighted by molar-refractivity contribution is -0.274. The number of hydrogen-bond donors (Lipinski definition) is 1. The Balaban J connectivity index is 2.93. The molecule has 0 aliphatic rings. The van der Waals surface area contributed by atoms with Crippen LogP contribution < -0.4 is 10.5 Å². The summed E-state index contributed by atoms with van der Waals surface area (Å²) in [6, 6.07) is 3.76. The molecule has 88 valence electrons. The maximum absolute atomic E-state index is 11.9. The molecule has 1 aromatic carbocycles. The van der Waals surface area contributed by atoms with Gasteiger partial charge in [0.1, 0.15) is 5.75 Å². The van der Waals surface area contributed by atoms with Crippen LogP contribution in [0.25, 0.3) is 0 Å². The van der Waals surface area contributed by atoms with Gasteiger partial charge in [-0.3, -0.25) is 4.79 Å². The molecule has 2 N–H and O–H groups in total. The minimum atomic E-state index is -4.74. The van der Waals surface area contributed by atoms with Crippen molar-refractivity contribution in [2.45, 2.75) is 12.8 Å². The maximum Gasteiger partial charge on any atom is 0.573 e. The molecule has 1 amide bonds. The Morgan fingerprint density at radius 1 is 1.44 bits per heavy atom. The fraction of sp³-hybridized carbons (Fsp3) is 0.222. The number of nitrogens with two attached hydrogens (primary N) is 1. The quantitative estimate of drug-likeness (QED) is 0.855. The van der Waals surface area contributed by atoms with Gasteiger partial charge in [-0.25, -0.2) is 0 Å². The molecule has 0 heterocycles. The number of alkyl halides is 3. The first kappa shape index (κ1) is 13.1. The van der Waals surface area contributed by atoms with Crippen LogP contribution in [0.1, 0.15) is 5.56 Å². The lowest BCUT2D eigenvalue weighted by Gasteiger charge is -2.10. The Kier molecular flexibility index (Phi) is 4.00. The van der Waals surface area contributed by atoms with Gasteiger partial charge < -0.3 is 10.5 Å². The Morgan fingerprint density at radius 3 is 2.56 bits per heavy atom. The van der Waals surface area contributed by atoms with Gasteiger partial charge in [0.15, 0.2) is 0 Å². The van der Waals surface area contributed by atoms with Crippen molar-refractivity contribution in [3.05, 3.63) is 27.3 Å². The van der Waals surface area contributed by atoms with Crippen molar-refractivity contribution >= 4 is 28.5 Å². The highest BCUT2D eigenvalue weighted by Crippen LogP contribution is 2.25. The number of halogens is 4. The number of rotatable bonds is 3. The fourth-order valence-corrected chi connectivity index (χ4v) is 1.60. The van der Waals surface area contributed by atoms with Gasteiger partial charge in [-0.05, 0) is 46.4 Å². The molecule has 0 bridgehead atoms. The third-order valence-corrected chi connectivity index (χ3v) is 2.67. The number of carbonyl (C=O) groups is 1. The SMILES string of the molecule is NC(=O)Cc1cc(OC(F)(F)F)ccc1I. The molecule has 0 aromatic heterocycles. The average molecular weight is 345 g/mol. The first-order valence-corrected chi connectivity index (χ1v) is 5.18. The minimum absolute atomic E-state index is 0.118. The van der Waals surface area contributed by atoms with Crippen molar-refractivity contribution in [1.29, 1.82) is 0 Å². The first-order chi connectivity index (χ1) is 7.28. The monoisotopic (exact) mass is 345 g/mol. The summed E-state index contributed by atoms with van der Waals surface area (Å²) in [4.78, 5) is 10.7. The lowest BCUT2D eigenvalue weighted by Crippen LogP contribution is -2.18. The predicted octanol–water partition coefficient (Wildman–Crippen LogP) is 2.22. The standard InChI is InChI=1S/C9H7F3INO2/c10-9(11,12)16-6-1-2-7(13)5(3-6)4-8(14)15/h1-3H,4H2,(H2,14,15). The van der Waals surface area contributed by atoms with E-state index in [1.54, 1.807) is 0 Å². The second-order valence-corrected chi connectivity index (χ2v) is 4.11. The summed E-state index contributed by atoms with van der Waals surface area (Å²) in [5, 5.41) is 0. The molecule has 0 aliphatic heterocycles. The number of primary amides is 1. The third-order valence-electron chi connectivity index (χ3n) is 1.62. The summed E-state index contributed by atoms with van der Waals surface area (Å²) < 4.78 is 40.1. The zero-order valence-corrected chi connectivity index (χ0v) is 10.0. The van der Waals surface area contributed by atoms with Crippen molar-refractivity contribution < 1.29 is 22.7 Å². The van der Waals surface area contributed by atoms with E-state index < -0.39 is 12.3 Å². The molecule has 7 heteroatoms. The Hall–Kier alpha value is -0.990. The van der Waals surface area contributed by atoms with Crippen LogP contribution in [0.15, 0.2) is 18.2 Å². The van der Waals surface area contributed by atoms with Gasteiger partial charge in [0.2, 0.25) is 5.91 Å². The van der Waals surface area contributed by atoms with Crippen molar-refractivity contribution in [1.82, 2.24) is 0 Å². The van der Waals surface area contributed by atoms with Crippen LogP contribution in [0.4, 0.5) is 13.2 Å². The van der Waals surface area contributed by atoms with E-state index in [-0.39, 0.29) is 12.2 Å². The Morgan fingerprint density at radius 2 is 2.06 bits per heavy atom. The summed E-state index contributed by atoms with van der Waals surface area (Å²) in [5.74, 6) is -0.966. The van der Waals surface area contributed by atoms with Gasteiger partial charge in [0, 0.05) is 3.57 Å². The Labute approximate surface area is 103 Å². The number of benzene rings is 1. The third kappa shape index (κ3) is 4.25. The summed E-state index contributed by atoms with van der Waals surface area (Å²) >= 11 is 1.90. The number of ether oxygens (including phenoxy) is 1. The Bertz CT molecular complexity index is 406. The lowest BCUT2D eigenvalue weighted by atomic mass is 10.1.